The fourth-order valence-electron chi connectivity index (χ4n) is 4.52. The third-order valence-electron chi connectivity index (χ3n) is 6.55. The van der Waals surface area contributed by atoms with Crippen LogP contribution < -0.4 is 4.90 Å². The number of likely N-dealkylation sites (N-methyl/N-ethyl adjacent to an activating group) is 1. The Morgan fingerprint density at radius 3 is 2.22 bits per heavy atom. The summed E-state index contributed by atoms with van der Waals surface area (Å²) in [6.45, 7) is 8.25. The molecule has 0 unspecified atom stereocenters. The summed E-state index contributed by atoms with van der Waals surface area (Å²) in [6, 6.07) is 14.4. The van der Waals surface area contributed by atoms with Crippen molar-refractivity contribution in [2.75, 3.05) is 44.7 Å². The number of rotatable bonds is 7. The molecule has 1 aliphatic rings. The molecular formula is C27H32F3N5O. The molecule has 0 saturated carbocycles. The number of aryl methyl sites for hydroxylation is 1. The minimum atomic E-state index is -4.44. The summed E-state index contributed by atoms with van der Waals surface area (Å²) >= 11 is 0. The highest BCUT2D eigenvalue weighted by Crippen LogP contribution is 2.31. The van der Waals surface area contributed by atoms with E-state index in [2.05, 4.69) is 16.8 Å². The normalized spacial score (nSPS) is 14.8. The zero-order valence-corrected chi connectivity index (χ0v) is 20.9. The van der Waals surface area contributed by atoms with Crippen molar-refractivity contribution in [3.8, 4) is 5.69 Å². The first-order valence-corrected chi connectivity index (χ1v) is 12.2. The number of carbonyl (C=O) groups is 1. The molecule has 2 heterocycles. The van der Waals surface area contributed by atoms with Gasteiger partial charge in [-0.2, -0.15) is 18.3 Å². The summed E-state index contributed by atoms with van der Waals surface area (Å²) in [5.74, 6) is 0.676. The van der Waals surface area contributed by atoms with Crippen LogP contribution in [0.4, 0.5) is 19.0 Å². The topological polar surface area (TPSA) is 44.6 Å². The molecule has 1 saturated heterocycles. The predicted octanol–water partition coefficient (Wildman–Crippen LogP) is 5.00. The maximum absolute atomic E-state index is 13.4. The third-order valence-corrected chi connectivity index (χ3v) is 6.55. The molecule has 0 N–H and O–H groups in total. The Kier molecular flexibility index (Phi) is 7.68. The van der Waals surface area contributed by atoms with Gasteiger partial charge in [-0.3, -0.25) is 4.79 Å². The van der Waals surface area contributed by atoms with Crippen LogP contribution in [-0.2, 0) is 12.7 Å². The Balaban J connectivity index is 1.69. The second-order valence-corrected chi connectivity index (χ2v) is 9.23. The number of hydrogen-bond acceptors (Lipinski definition) is 4. The number of halogens is 3. The van der Waals surface area contributed by atoms with Crippen molar-refractivity contribution in [3.63, 3.8) is 0 Å². The molecule has 9 heteroatoms. The van der Waals surface area contributed by atoms with Gasteiger partial charge in [0.1, 0.15) is 5.82 Å². The third kappa shape index (κ3) is 5.56. The minimum Gasteiger partial charge on any atom is -0.354 e. The average Bonchev–Trinajstić information content (AvgIpc) is 3.19. The van der Waals surface area contributed by atoms with Gasteiger partial charge in [0, 0.05) is 43.9 Å². The fraction of sp³-hybridized carbons (Fsp3) is 0.407. The van der Waals surface area contributed by atoms with Crippen molar-refractivity contribution in [2.45, 2.75) is 33.0 Å². The van der Waals surface area contributed by atoms with Crippen LogP contribution in [0.1, 0.15) is 40.5 Å². The highest BCUT2D eigenvalue weighted by Gasteiger charge is 2.31. The summed E-state index contributed by atoms with van der Waals surface area (Å²) < 4.78 is 41.0. The van der Waals surface area contributed by atoms with Gasteiger partial charge in [0.15, 0.2) is 0 Å². The van der Waals surface area contributed by atoms with Crippen molar-refractivity contribution in [1.29, 1.82) is 0 Å². The number of nitrogens with zero attached hydrogens (tertiary/aromatic N) is 5. The molecule has 1 amide bonds. The number of hydrogen-bond donors (Lipinski definition) is 0. The number of aromatic nitrogens is 2. The number of anilines is 1. The highest BCUT2D eigenvalue weighted by atomic mass is 19.4. The Hall–Kier alpha value is -3.33. The minimum absolute atomic E-state index is 0.241. The average molecular weight is 500 g/mol. The van der Waals surface area contributed by atoms with Gasteiger partial charge in [-0.1, -0.05) is 25.1 Å². The van der Waals surface area contributed by atoms with E-state index >= 15 is 0 Å². The van der Waals surface area contributed by atoms with E-state index in [1.54, 1.807) is 4.90 Å². The maximum Gasteiger partial charge on any atom is 0.416 e. The molecule has 36 heavy (non-hydrogen) atoms. The SMILES string of the molecule is CCCN(Cc1c(C)nn(-c2ccccc2)c1N1CCN(C)CC1)C(=O)c1ccc(C(F)(F)F)cc1. The second kappa shape index (κ2) is 10.7. The van der Waals surface area contributed by atoms with Crippen molar-refractivity contribution in [3.05, 3.63) is 77.0 Å². The Labute approximate surface area is 209 Å². The van der Waals surface area contributed by atoms with E-state index in [1.165, 1.54) is 12.1 Å². The van der Waals surface area contributed by atoms with Crippen LogP contribution in [0.25, 0.3) is 5.69 Å². The molecule has 6 nitrogen and oxygen atoms in total. The van der Waals surface area contributed by atoms with Crippen molar-refractivity contribution < 1.29 is 18.0 Å². The van der Waals surface area contributed by atoms with Crippen molar-refractivity contribution in [1.82, 2.24) is 19.6 Å². The van der Waals surface area contributed by atoms with Crippen LogP contribution in [0.15, 0.2) is 54.6 Å². The van der Waals surface area contributed by atoms with Gasteiger partial charge in [0.05, 0.1) is 23.5 Å². The lowest BCUT2D eigenvalue weighted by Crippen LogP contribution is -2.45. The lowest BCUT2D eigenvalue weighted by atomic mass is 10.1. The molecule has 192 valence electrons. The maximum atomic E-state index is 13.4. The van der Waals surface area contributed by atoms with Gasteiger partial charge in [-0.05, 0) is 56.8 Å². The van der Waals surface area contributed by atoms with Gasteiger partial charge >= 0.3 is 6.18 Å². The van der Waals surface area contributed by atoms with E-state index < -0.39 is 11.7 Å². The fourth-order valence-corrected chi connectivity index (χ4v) is 4.52. The lowest BCUT2D eigenvalue weighted by molar-refractivity contribution is -0.137. The van der Waals surface area contributed by atoms with E-state index in [0.717, 1.165) is 67.5 Å². The molecule has 0 atom stereocenters. The predicted molar refractivity (Wildman–Crippen MR) is 134 cm³/mol. The Morgan fingerprint density at radius 2 is 1.64 bits per heavy atom. The summed E-state index contributed by atoms with van der Waals surface area (Å²) in [5, 5.41) is 4.86. The first kappa shape index (κ1) is 25.8. The number of piperazine rings is 1. The molecule has 0 bridgehead atoms. The van der Waals surface area contributed by atoms with Crippen LogP contribution in [0.3, 0.4) is 0 Å². The van der Waals surface area contributed by atoms with Crippen LogP contribution in [0.2, 0.25) is 0 Å². The zero-order chi connectivity index (χ0) is 25.9. The summed E-state index contributed by atoms with van der Waals surface area (Å²) in [7, 11) is 2.10. The number of benzene rings is 2. The Bertz CT molecular complexity index is 1170. The quantitative estimate of drug-likeness (QED) is 0.459. The molecule has 4 rings (SSSR count). The molecule has 0 radical (unpaired) electrons. The van der Waals surface area contributed by atoms with E-state index in [9.17, 15) is 18.0 Å². The monoisotopic (exact) mass is 499 g/mol. The van der Waals surface area contributed by atoms with Gasteiger partial charge in [0.25, 0.3) is 5.91 Å². The molecule has 1 aliphatic heterocycles. The van der Waals surface area contributed by atoms with E-state index in [4.69, 9.17) is 5.10 Å². The van der Waals surface area contributed by atoms with Crippen LogP contribution in [0.5, 0.6) is 0 Å². The molecular weight excluding hydrogens is 467 g/mol. The lowest BCUT2D eigenvalue weighted by Gasteiger charge is -2.35. The van der Waals surface area contributed by atoms with E-state index in [1.807, 2.05) is 48.9 Å². The van der Waals surface area contributed by atoms with Crippen LogP contribution in [-0.4, -0.2) is 65.3 Å². The van der Waals surface area contributed by atoms with Gasteiger partial charge in [-0.15, -0.1) is 0 Å². The molecule has 1 aromatic heterocycles. The van der Waals surface area contributed by atoms with Crippen LogP contribution in [0, 0.1) is 6.92 Å². The molecule has 0 aliphatic carbocycles. The molecule has 1 fully saturated rings. The largest absolute Gasteiger partial charge is 0.416 e. The van der Waals surface area contributed by atoms with E-state index in [0.29, 0.717) is 13.1 Å². The summed E-state index contributed by atoms with van der Waals surface area (Å²) in [5.41, 5.74) is 2.20. The van der Waals surface area contributed by atoms with Crippen molar-refractivity contribution in [2.24, 2.45) is 0 Å². The van der Waals surface area contributed by atoms with Gasteiger partial charge in [0.2, 0.25) is 0 Å². The number of carbonyl (C=O) groups excluding carboxylic acids is 1. The summed E-state index contributed by atoms with van der Waals surface area (Å²) in [4.78, 5) is 19.7. The van der Waals surface area contributed by atoms with E-state index in [-0.39, 0.29) is 11.5 Å². The highest BCUT2D eigenvalue weighted by molar-refractivity contribution is 5.94. The second-order valence-electron chi connectivity index (χ2n) is 9.23. The Morgan fingerprint density at radius 1 is 1.00 bits per heavy atom. The number of para-hydroxylation sites is 1. The standard InChI is InChI=1S/C27H32F3N5O/c1-4-14-34(26(36)21-10-12-22(13-11-21)27(28,29)30)19-24-20(2)31-35(23-8-6-5-7-9-23)25(24)33-17-15-32(3)16-18-33/h5-13H,4,14-19H2,1-3H3. The number of alkyl halides is 3. The molecule has 0 spiro atoms. The summed E-state index contributed by atoms with van der Waals surface area (Å²) in [6.07, 6.45) is -3.71. The number of amides is 1. The van der Waals surface area contributed by atoms with Crippen molar-refractivity contribution >= 4 is 11.7 Å². The van der Waals surface area contributed by atoms with Gasteiger partial charge < -0.3 is 14.7 Å². The molecule has 3 aromatic rings. The first-order chi connectivity index (χ1) is 17.2. The smallest absolute Gasteiger partial charge is 0.354 e. The zero-order valence-electron chi connectivity index (χ0n) is 20.9. The van der Waals surface area contributed by atoms with Gasteiger partial charge in [-0.25, -0.2) is 4.68 Å². The molecule has 2 aromatic carbocycles. The first-order valence-electron chi connectivity index (χ1n) is 12.2. The van der Waals surface area contributed by atoms with Crippen LogP contribution >= 0.6 is 0 Å².